The number of hydrogen-bond acceptors (Lipinski definition) is 11. The summed E-state index contributed by atoms with van der Waals surface area (Å²) in [6.07, 6.45) is 1.68. The van der Waals surface area contributed by atoms with Gasteiger partial charge in [0.05, 0.1) is 32.6 Å². The van der Waals surface area contributed by atoms with Gasteiger partial charge in [0.2, 0.25) is 24.6 Å². The first-order chi connectivity index (χ1) is 15.3. The Labute approximate surface area is 187 Å². The molecule has 0 aliphatic carbocycles. The molecular formula is C19H22BrN7O4. The fourth-order valence-electron chi connectivity index (χ4n) is 3.40. The Hall–Kier alpha value is -2.70. The van der Waals surface area contributed by atoms with Gasteiger partial charge in [-0.2, -0.15) is 20.1 Å². The molecule has 1 aromatic carbocycles. The fraction of sp³-hybridized carbons (Fsp3) is 0.474. The highest BCUT2D eigenvalue weighted by atomic mass is 79.9. The molecule has 11 nitrogen and oxygen atoms in total. The molecule has 2 saturated heterocycles. The highest BCUT2D eigenvalue weighted by Gasteiger charge is 2.21. The van der Waals surface area contributed by atoms with Gasteiger partial charge < -0.3 is 28.7 Å². The average molecular weight is 492 g/mol. The Balaban J connectivity index is 1.37. The van der Waals surface area contributed by atoms with E-state index in [0.29, 0.717) is 55.8 Å². The van der Waals surface area contributed by atoms with Crippen molar-refractivity contribution in [1.82, 2.24) is 15.0 Å². The number of rotatable bonds is 5. The molecule has 0 bridgehead atoms. The highest BCUT2D eigenvalue weighted by Crippen LogP contribution is 2.36. The summed E-state index contributed by atoms with van der Waals surface area (Å²) in [5.41, 5.74) is 3.79. The summed E-state index contributed by atoms with van der Waals surface area (Å²) in [5, 5.41) is 4.33. The highest BCUT2D eigenvalue weighted by molar-refractivity contribution is 9.10. The monoisotopic (exact) mass is 491 g/mol. The quantitative estimate of drug-likeness (QED) is 0.488. The number of aromatic nitrogens is 3. The van der Waals surface area contributed by atoms with Gasteiger partial charge in [0.25, 0.3) is 0 Å². The van der Waals surface area contributed by atoms with Crippen LogP contribution in [0.25, 0.3) is 0 Å². The molecule has 2 fully saturated rings. The second-order valence-corrected chi connectivity index (χ2v) is 7.91. The molecule has 4 heterocycles. The molecule has 0 radical (unpaired) electrons. The van der Waals surface area contributed by atoms with Crippen LogP contribution in [0.3, 0.4) is 0 Å². The number of fused-ring (bicyclic) bond motifs is 1. The van der Waals surface area contributed by atoms with Gasteiger partial charge in [-0.25, -0.2) is 5.43 Å². The number of hydrazone groups is 1. The van der Waals surface area contributed by atoms with Crippen LogP contribution < -0.4 is 24.7 Å². The van der Waals surface area contributed by atoms with E-state index in [1.165, 1.54) is 0 Å². The number of hydrogen-bond donors (Lipinski definition) is 1. The van der Waals surface area contributed by atoms with Gasteiger partial charge in [-0.15, -0.1) is 0 Å². The lowest BCUT2D eigenvalue weighted by Crippen LogP contribution is -2.40. The number of anilines is 3. The van der Waals surface area contributed by atoms with Crippen molar-refractivity contribution in [2.45, 2.75) is 0 Å². The van der Waals surface area contributed by atoms with Crippen LogP contribution in [0.2, 0.25) is 0 Å². The first-order valence-corrected chi connectivity index (χ1v) is 10.9. The number of morpholine rings is 2. The normalized spacial score (nSPS) is 18.6. The van der Waals surface area contributed by atoms with E-state index in [9.17, 15) is 0 Å². The number of halogens is 1. The lowest BCUT2D eigenvalue weighted by molar-refractivity contribution is 0.121. The smallest absolute Gasteiger partial charge is 0.250 e. The van der Waals surface area contributed by atoms with E-state index in [2.05, 4.69) is 51.2 Å². The summed E-state index contributed by atoms with van der Waals surface area (Å²) in [4.78, 5) is 18.0. The molecule has 164 valence electrons. The predicted molar refractivity (Wildman–Crippen MR) is 117 cm³/mol. The van der Waals surface area contributed by atoms with Crippen molar-refractivity contribution >= 4 is 40.0 Å². The molecule has 0 spiro atoms. The van der Waals surface area contributed by atoms with E-state index in [1.54, 1.807) is 6.21 Å². The van der Waals surface area contributed by atoms with E-state index in [1.807, 2.05) is 12.1 Å². The third-order valence-corrected chi connectivity index (χ3v) is 5.75. The number of benzene rings is 1. The summed E-state index contributed by atoms with van der Waals surface area (Å²) >= 11 is 3.53. The Morgan fingerprint density at radius 3 is 2.06 bits per heavy atom. The van der Waals surface area contributed by atoms with Gasteiger partial charge in [0, 0.05) is 36.2 Å². The van der Waals surface area contributed by atoms with Crippen molar-refractivity contribution in [2.75, 3.05) is 74.6 Å². The zero-order valence-electron chi connectivity index (χ0n) is 16.8. The van der Waals surface area contributed by atoms with Gasteiger partial charge in [0.15, 0.2) is 11.5 Å². The zero-order valence-corrected chi connectivity index (χ0v) is 18.4. The van der Waals surface area contributed by atoms with Crippen molar-refractivity contribution in [3.63, 3.8) is 0 Å². The van der Waals surface area contributed by atoms with Crippen molar-refractivity contribution < 1.29 is 18.9 Å². The molecule has 1 aromatic heterocycles. The molecular weight excluding hydrogens is 470 g/mol. The van der Waals surface area contributed by atoms with Crippen molar-refractivity contribution in [3.8, 4) is 11.5 Å². The minimum Gasteiger partial charge on any atom is -0.454 e. The van der Waals surface area contributed by atoms with Gasteiger partial charge >= 0.3 is 0 Å². The maximum absolute atomic E-state index is 5.45. The van der Waals surface area contributed by atoms with E-state index in [0.717, 1.165) is 36.2 Å². The topological polar surface area (TPSA) is 106 Å². The standard InChI is InChI=1S/C19H22BrN7O4/c20-14-10-16-15(30-12-31-16)9-13(14)11-21-25-17-22-18(26-1-5-28-6-2-26)24-19(23-17)27-3-7-29-8-4-27/h9-11H,1-8,12H2,(H,22,23,24,25)/b21-11-. The molecule has 31 heavy (non-hydrogen) atoms. The number of nitrogens with one attached hydrogen (secondary N) is 1. The lowest BCUT2D eigenvalue weighted by Gasteiger charge is -2.30. The van der Waals surface area contributed by atoms with Gasteiger partial charge in [0.1, 0.15) is 0 Å². The SMILES string of the molecule is Brc1cc2c(cc1/C=N\Nc1nc(N3CCOCC3)nc(N3CCOCC3)n1)OCO2. The van der Waals surface area contributed by atoms with Gasteiger partial charge in [-0.3, -0.25) is 0 Å². The molecule has 3 aliphatic heterocycles. The largest absolute Gasteiger partial charge is 0.454 e. The van der Waals surface area contributed by atoms with Crippen LogP contribution in [0.4, 0.5) is 17.8 Å². The fourth-order valence-corrected chi connectivity index (χ4v) is 3.83. The zero-order chi connectivity index (χ0) is 21.0. The van der Waals surface area contributed by atoms with Crippen LogP contribution in [0.1, 0.15) is 5.56 Å². The van der Waals surface area contributed by atoms with E-state index in [-0.39, 0.29) is 6.79 Å². The third-order valence-electron chi connectivity index (χ3n) is 5.06. The molecule has 5 rings (SSSR count). The molecule has 2 aromatic rings. The Morgan fingerprint density at radius 2 is 1.45 bits per heavy atom. The Bertz CT molecular complexity index is 928. The minimum absolute atomic E-state index is 0.222. The predicted octanol–water partition coefficient (Wildman–Crippen LogP) is 1.48. The number of ether oxygens (including phenoxy) is 4. The molecule has 0 unspecified atom stereocenters. The lowest BCUT2D eigenvalue weighted by atomic mass is 10.2. The number of nitrogens with zero attached hydrogens (tertiary/aromatic N) is 6. The first kappa shape index (κ1) is 20.2. The second kappa shape index (κ2) is 9.20. The van der Waals surface area contributed by atoms with Crippen LogP contribution in [0.15, 0.2) is 21.7 Å². The van der Waals surface area contributed by atoms with Crippen LogP contribution in [0, 0.1) is 0 Å². The summed E-state index contributed by atoms with van der Waals surface area (Å²) in [6.45, 7) is 5.77. The van der Waals surface area contributed by atoms with Crippen molar-refractivity contribution in [3.05, 3.63) is 22.2 Å². The van der Waals surface area contributed by atoms with E-state index < -0.39 is 0 Å². The Kier molecular flexibility index (Phi) is 6.00. The molecule has 12 heteroatoms. The first-order valence-electron chi connectivity index (χ1n) is 10.1. The van der Waals surface area contributed by atoms with E-state index >= 15 is 0 Å². The van der Waals surface area contributed by atoms with Crippen LogP contribution in [-0.2, 0) is 9.47 Å². The van der Waals surface area contributed by atoms with Crippen molar-refractivity contribution in [1.29, 1.82) is 0 Å². The summed E-state index contributed by atoms with van der Waals surface area (Å²) in [7, 11) is 0. The molecule has 1 N–H and O–H groups in total. The third kappa shape index (κ3) is 4.65. The average Bonchev–Trinajstić information content (AvgIpc) is 3.27. The maximum atomic E-state index is 5.45. The summed E-state index contributed by atoms with van der Waals surface area (Å²) in [6, 6.07) is 3.73. The Morgan fingerprint density at radius 1 is 0.871 bits per heavy atom. The van der Waals surface area contributed by atoms with Gasteiger partial charge in [-0.1, -0.05) is 0 Å². The van der Waals surface area contributed by atoms with Crippen LogP contribution >= 0.6 is 15.9 Å². The molecule has 0 saturated carbocycles. The van der Waals surface area contributed by atoms with Crippen LogP contribution in [-0.4, -0.2) is 80.6 Å². The van der Waals surface area contributed by atoms with Gasteiger partial charge in [-0.05, 0) is 28.1 Å². The summed E-state index contributed by atoms with van der Waals surface area (Å²) < 4.78 is 22.6. The molecule has 3 aliphatic rings. The van der Waals surface area contributed by atoms with E-state index in [4.69, 9.17) is 18.9 Å². The molecule has 0 atom stereocenters. The van der Waals surface area contributed by atoms with Crippen LogP contribution in [0.5, 0.6) is 11.5 Å². The van der Waals surface area contributed by atoms with Crippen molar-refractivity contribution in [2.24, 2.45) is 5.10 Å². The molecule has 0 amide bonds. The second-order valence-electron chi connectivity index (χ2n) is 7.05. The summed E-state index contributed by atoms with van der Waals surface area (Å²) in [5.74, 6) is 3.00. The maximum Gasteiger partial charge on any atom is 0.250 e. The minimum atomic E-state index is 0.222.